The van der Waals surface area contributed by atoms with Gasteiger partial charge in [0, 0.05) is 17.6 Å². The first-order valence-corrected chi connectivity index (χ1v) is 10.8. The minimum absolute atomic E-state index is 0.176. The second-order valence-electron chi connectivity index (χ2n) is 7.89. The largest absolute Gasteiger partial charge is 0.497 e. The fourth-order valence-electron chi connectivity index (χ4n) is 4.35. The average molecular weight is 440 g/mol. The fraction of sp³-hybridized carbons (Fsp3) is 0.148. The third kappa shape index (κ3) is 3.91. The SMILES string of the molecule is COc1ccc(NC(=O)N2Cc3ccccc3-n3cccc3[C@@H]2c2ccc(OC)cc2)cc1. The van der Waals surface area contributed by atoms with Gasteiger partial charge in [0.15, 0.2) is 0 Å². The third-order valence-corrected chi connectivity index (χ3v) is 6.00. The van der Waals surface area contributed by atoms with Crippen LogP contribution in [0.3, 0.4) is 0 Å². The van der Waals surface area contributed by atoms with E-state index in [1.165, 1.54) is 0 Å². The molecule has 0 fully saturated rings. The van der Waals surface area contributed by atoms with Crippen LogP contribution < -0.4 is 14.8 Å². The van der Waals surface area contributed by atoms with Crippen molar-refractivity contribution in [2.75, 3.05) is 19.5 Å². The first-order chi connectivity index (χ1) is 16.2. The highest BCUT2D eigenvalue weighted by atomic mass is 16.5. The van der Waals surface area contributed by atoms with Crippen molar-refractivity contribution in [3.05, 3.63) is 108 Å². The summed E-state index contributed by atoms with van der Waals surface area (Å²) in [6.45, 7) is 0.469. The maximum absolute atomic E-state index is 13.7. The van der Waals surface area contributed by atoms with Gasteiger partial charge in [-0.1, -0.05) is 30.3 Å². The summed E-state index contributed by atoms with van der Waals surface area (Å²) in [5.74, 6) is 1.52. The van der Waals surface area contributed by atoms with E-state index in [0.29, 0.717) is 12.2 Å². The van der Waals surface area contributed by atoms with Crippen molar-refractivity contribution < 1.29 is 14.3 Å². The van der Waals surface area contributed by atoms with Crippen molar-refractivity contribution >= 4 is 11.7 Å². The number of para-hydroxylation sites is 1. The van der Waals surface area contributed by atoms with E-state index in [4.69, 9.17) is 9.47 Å². The van der Waals surface area contributed by atoms with Crippen LogP contribution in [0.5, 0.6) is 11.5 Å². The molecule has 6 heteroatoms. The Morgan fingerprint density at radius 1 is 0.848 bits per heavy atom. The highest BCUT2D eigenvalue weighted by Gasteiger charge is 2.33. The van der Waals surface area contributed by atoms with Crippen LogP contribution in [0.4, 0.5) is 10.5 Å². The summed E-state index contributed by atoms with van der Waals surface area (Å²) in [5, 5.41) is 3.06. The molecule has 0 saturated heterocycles. The number of ether oxygens (including phenoxy) is 2. The van der Waals surface area contributed by atoms with E-state index in [1.54, 1.807) is 14.2 Å². The molecule has 0 unspecified atom stereocenters. The molecule has 3 aromatic carbocycles. The number of hydrogen-bond acceptors (Lipinski definition) is 3. The van der Waals surface area contributed by atoms with Crippen LogP contribution in [0.1, 0.15) is 22.9 Å². The first-order valence-electron chi connectivity index (χ1n) is 10.8. The molecule has 4 aromatic rings. The maximum atomic E-state index is 13.7. The van der Waals surface area contributed by atoms with Gasteiger partial charge in [0.2, 0.25) is 0 Å². The van der Waals surface area contributed by atoms with E-state index in [1.807, 2.05) is 71.6 Å². The zero-order valence-corrected chi connectivity index (χ0v) is 18.6. The zero-order chi connectivity index (χ0) is 22.8. The van der Waals surface area contributed by atoms with Crippen LogP contribution in [0.25, 0.3) is 5.69 Å². The molecular formula is C27H25N3O3. The fourth-order valence-corrected chi connectivity index (χ4v) is 4.35. The molecule has 0 bridgehead atoms. The summed E-state index contributed by atoms with van der Waals surface area (Å²) in [6.07, 6.45) is 2.05. The van der Waals surface area contributed by atoms with Gasteiger partial charge in [-0.2, -0.15) is 0 Å². The summed E-state index contributed by atoms with van der Waals surface area (Å²) >= 11 is 0. The Bertz CT molecular complexity index is 1260. The number of carbonyl (C=O) groups excluding carboxylic acids is 1. The van der Waals surface area contributed by atoms with Crippen molar-refractivity contribution in [3.8, 4) is 17.2 Å². The van der Waals surface area contributed by atoms with Crippen LogP contribution >= 0.6 is 0 Å². The van der Waals surface area contributed by atoms with E-state index in [0.717, 1.165) is 34.0 Å². The van der Waals surface area contributed by atoms with Gasteiger partial charge in [0.05, 0.1) is 32.5 Å². The summed E-state index contributed by atoms with van der Waals surface area (Å²) in [6, 6.07) is 27.1. The Labute approximate surface area is 193 Å². The number of carbonyl (C=O) groups is 1. The van der Waals surface area contributed by atoms with Gasteiger partial charge in [-0.25, -0.2) is 4.79 Å². The van der Waals surface area contributed by atoms with Crippen LogP contribution in [0, 0.1) is 0 Å². The molecule has 1 aliphatic rings. The van der Waals surface area contributed by atoms with Crippen molar-refractivity contribution in [2.24, 2.45) is 0 Å². The lowest BCUT2D eigenvalue weighted by atomic mass is 10.0. The molecule has 166 valence electrons. The van der Waals surface area contributed by atoms with Crippen molar-refractivity contribution in [3.63, 3.8) is 0 Å². The van der Waals surface area contributed by atoms with E-state index >= 15 is 0 Å². The summed E-state index contributed by atoms with van der Waals surface area (Å²) in [4.78, 5) is 15.6. The smallest absolute Gasteiger partial charge is 0.322 e. The molecule has 1 aliphatic heterocycles. The topological polar surface area (TPSA) is 55.7 Å². The number of methoxy groups -OCH3 is 2. The maximum Gasteiger partial charge on any atom is 0.322 e. The molecule has 2 amide bonds. The molecule has 6 nitrogen and oxygen atoms in total. The van der Waals surface area contributed by atoms with Crippen molar-refractivity contribution in [2.45, 2.75) is 12.6 Å². The summed E-state index contributed by atoms with van der Waals surface area (Å²) in [7, 11) is 3.27. The van der Waals surface area contributed by atoms with Gasteiger partial charge in [-0.3, -0.25) is 0 Å². The molecule has 1 atom stereocenters. The molecule has 2 heterocycles. The Morgan fingerprint density at radius 2 is 1.52 bits per heavy atom. The minimum atomic E-state index is -0.281. The predicted molar refractivity (Wildman–Crippen MR) is 128 cm³/mol. The molecule has 33 heavy (non-hydrogen) atoms. The summed E-state index contributed by atoms with van der Waals surface area (Å²) in [5.41, 5.74) is 4.90. The number of nitrogens with one attached hydrogen (secondary N) is 1. The van der Waals surface area contributed by atoms with Crippen molar-refractivity contribution in [1.29, 1.82) is 0 Å². The van der Waals surface area contributed by atoms with Gasteiger partial charge in [0.1, 0.15) is 11.5 Å². The lowest BCUT2D eigenvalue weighted by molar-refractivity contribution is 0.194. The lowest BCUT2D eigenvalue weighted by Gasteiger charge is -2.31. The van der Waals surface area contributed by atoms with Crippen molar-refractivity contribution in [1.82, 2.24) is 9.47 Å². The Balaban J connectivity index is 1.58. The van der Waals surface area contributed by atoms with E-state index < -0.39 is 0 Å². The Kier molecular flexibility index (Phi) is 5.48. The molecular weight excluding hydrogens is 414 g/mol. The quantitative estimate of drug-likeness (QED) is 0.448. The van der Waals surface area contributed by atoms with Gasteiger partial charge in [-0.15, -0.1) is 0 Å². The summed E-state index contributed by atoms with van der Waals surface area (Å²) < 4.78 is 12.8. The molecule has 0 saturated carbocycles. The number of hydrogen-bond donors (Lipinski definition) is 1. The van der Waals surface area contributed by atoms with Gasteiger partial charge >= 0.3 is 6.03 Å². The second kappa shape index (κ2) is 8.74. The van der Waals surface area contributed by atoms with Gasteiger partial charge in [-0.05, 0) is 65.7 Å². The Morgan fingerprint density at radius 3 is 2.21 bits per heavy atom. The normalized spacial score (nSPS) is 14.6. The van der Waals surface area contributed by atoms with E-state index in [2.05, 4.69) is 34.3 Å². The number of fused-ring (bicyclic) bond motifs is 3. The van der Waals surface area contributed by atoms with Crippen LogP contribution in [0.15, 0.2) is 91.1 Å². The Hall–Kier alpha value is -4.19. The molecule has 0 spiro atoms. The number of nitrogens with zero attached hydrogens (tertiary/aromatic N) is 2. The number of urea groups is 1. The third-order valence-electron chi connectivity index (χ3n) is 6.00. The van der Waals surface area contributed by atoms with Gasteiger partial charge in [0.25, 0.3) is 0 Å². The number of aromatic nitrogens is 1. The molecule has 0 radical (unpaired) electrons. The van der Waals surface area contributed by atoms with Gasteiger partial charge < -0.3 is 24.3 Å². The number of benzene rings is 3. The number of rotatable bonds is 4. The van der Waals surface area contributed by atoms with E-state index in [-0.39, 0.29) is 12.1 Å². The zero-order valence-electron chi connectivity index (χ0n) is 18.6. The highest BCUT2D eigenvalue weighted by Crippen LogP contribution is 2.37. The average Bonchev–Trinajstić information content (AvgIpc) is 3.29. The number of amides is 2. The van der Waals surface area contributed by atoms with E-state index in [9.17, 15) is 4.79 Å². The minimum Gasteiger partial charge on any atom is -0.497 e. The molecule has 5 rings (SSSR count). The standard InChI is InChI=1S/C27H25N3O3/c1-32-22-13-9-19(10-14-22)26-25-8-5-17-29(25)24-7-4-3-6-20(24)18-30(26)27(31)28-21-11-15-23(33-2)16-12-21/h3-17,26H,18H2,1-2H3,(H,28,31)/t26-/m0/s1. The first kappa shape index (κ1) is 20.7. The predicted octanol–water partition coefficient (Wildman–Crippen LogP) is 5.63. The lowest BCUT2D eigenvalue weighted by Crippen LogP contribution is -2.37. The number of anilines is 1. The van der Waals surface area contributed by atoms with Crippen LogP contribution in [-0.4, -0.2) is 29.7 Å². The van der Waals surface area contributed by atoms with Crippen LogP contribution in [0.2, 0.25) is 0 Å². The van der Waals surface area contributed by atoms with Crippen LogP contribution in [-0.2, 0) is 6.54 Å². The molecule has 1 aromatic heterocycles. The monoisotopic (exact) mass is 439 g/mol. The molecule has 1 N–H and O–H groups in total. The highest BCUT2D eigenvalue weighted by molar-refractivity contribution is 5.90. The second-order valence-corrected chi connectivity index (χ2v) is 7.89. The molecule has 0 aliphatic carbocycles.